The zero-order valence-corrected chi connectivity index (χ0v) is 27.3. The van der Waals surface area contributed by atoms with Crippen LogP contribution in [0.15, 0.2) is 68.5 Å². The summed E-state index contributed by atoms with van der Waals surface area (Å²) in [6.07, 6.45) is 3.59. The molecule has 0 radical (unpaired) electrons. The monoisotopic (exact) mass is 656 g/mol. The van der Waals surface area contributed by atoms with Crippen LogP contribution in [0.4, 0.5) is 0 Å². The zero-order valence-electron chi connectivity index (χ0n) is 24.0. The molecule has 16 heteroatoms. The van der Waals surface area contributed by atoms with Crippen LogP contribution in [0.3, 0.4) is 0 Å². The Morgan fingerprint density at radius 1 is 0.595 bits per heavy atom. The van der Waals surface area contributed by atoms with Crippen molar-refractivity contribution < 1.29 is 25.3 Å². The predicted octanol–water partition coefficient (Wildman–Crippen LogP) is 3.78. The minimum Gasteiger partial charge on any atom is -0.258 e. The van der Waals surface area contributed by atoms with E-state index >= 15 is 0 Å². The third-order valence-corrected chi connectivity index (χ3v) is 13.7. The number of hydrazone groups is 2. The molecule has 0 saturated heterocycles. The van der Waals surface area contributed by atoms with Gasteiger partial charge >= 0.3 is 0 Å². The molecule has 0 aromatic heterocycles. The fraction of sp³-hybridized carbons (Fsp3) is 0.462. The molecule has 2 unspecified atom stereocenters. The highest BCUT2D eigenvalue weighted by molar-refractivity contribution is 8.01. The third-order valence-electron chi connectivity index (χ3n) is 6.77. The van der Waals surface area contributed by atoms with Crippen LogP contribution >= 0.6 is 0 Å². The van der Waals surface area contributed by atoms with E-state index in [0.717, 1.165) is 24.0 Å². The number of rotatable bonds is 13. The van der Waals surface area contributed by atoms with E-state index in [1.165, 1.54) is 32.9 Å². The van der Waals surface area contributed by atoms with Gasteiger partial charge in [0.2, 0.25) is 0 Å². The molecular formula is C26H36N6O6S4. The van der Waals surface area contributed by atoms with Gasteiger partial charge in [0.1, 0.15) is 11.7 Å². The maximum absolute atomic E-state index is 13.2. The standard InChI is InChI=1S/C26H36N6O6S4/c1-5-25-27-31(41(35,36)23-15-11-21(3)12-16-23)39(33)29(25)19-9-7-8-10-20-30-26(6-2)28-32(40(30)34)42(37,38)24-17-13-22(4)14-18-24/h11-18H,5-10,19-20H2,1-4H3. The number of benzene rings is 2. The fourth-order valence-corrected chi connectivity index (χ4v) is 10.4. The Morgan fingerprint density at radius 2 is 0.929 bits per heavy atom. The number of hydrogen-bond acceptors (Lipinski definition) is 8. The van der Waals surface area contributed by atoms with Crippen molar-refractivity contribution in [3.63, 3.8) is 0 Å². The molecule has 2 aromatic carbocycles. The molecule has 2 aromatic rings. The van der Waals surface area contributed by atoms with Gasteiger partial charge in [-0.05, 0) is 51.0 Å². The van der Waals surface area contributed by atoms with Gasteiger partial charge in [0.05, 0.1) is 9.79 Å². The summed E-state index contributed by atoms with van der Waals surface area (Å²) in [5, 5.41) is 8.33. The normalized spacial score (nSPS) is 19.4. The van der Waals surface area contributed by atoms with E-state index < -0.39 is 42.4 Å². The number of sulfonamides is 2. The first-order valence-corrected chi connectivity index (χ1v) is 18.7. The van der Waals surface area contributed by atoms with Crippen molar-refractivity contribution in [1.82, 2.24) is 16.2 Å². The van der Waals surface area contributed by atoms with Crippen LogP contribution in [0, 0.1) is 13.8 Å². The Hall–Kier alpha value is -2.82. The lowest BCUT2D eigenvalue weighted by atomic mass is 10.2. The first-order chi connectivity index (χ1) is 19.9. The van der Waals surface area contributed by atoms with Crippen LogP contribution in [0.5, 0.6) is 0 Å². The van der Waals surface area contributed by atoms with Crippen molar-refractivity contribution in [3.8, 4) is 0 Å². The number of hydrogen-bond donors (Lipinski definition) is 0. The molecule has 0 spiro atoms. The second kappa shape index (κ2) is 13.2. The Balaban J connectivity index is 1.29. The largest absolute Gasteiger partial charge is 0.292 e. The van der Waals surface area contributed by atoms with E-state index in [1.807, 2.05) is 27.7 Å². The Morgan fingerprint density at radius 3 is 1.24 bits per heavy atom. The summed E-state index contributed by atoms with van der Waals surface area (Å²) in [7, 11) is -8.13. The minimum atomic E-state index is -4.07. The quantitative estimate of drug-likeness (QED) is 0.301. The van der Waals surface area contributed by atoms with Gasteiger partial charge in [-0.15, -0.1) is 10.2 Å². The molecule has 42 heavy (non-hydrogen) atoms. The molecule has 230 valence electrons. The SMILES string of the molecule is CCC1=NN(S(=O)(=O)c2ccc(C)cc2)S(=O)N1CCCCCCN1C(CC)=NN(S(=O)(=O)c2ccc(C)cc2)S1=O. The molecule has 4 rings (SSSR count). The van der Waals surface area contributed by atoms with E-state index in [9.17, 15) is 25.3 Å². The summed E-state index contributed by atoms with van der Waals surface area (Å²) in [5.74, 6) is 0.880. The predicted molar refractivity (Wildman–Crippen MR) is 164 cm³/mol. The number of unbranched alkanes of at least 4 members (excludes halogenated alkanes) is 3. The lowest BCUT2D eigenvalue weighted by molar-refractivity contribution is 0.506. The van der Waals surface area contributed by atoms with Crippen molar-refractivity contribution in [2.45, 2.75) is 76.0 Å². The van der Waals surface area contributed by atoms with Crippen LogP contribution < -0.4 is 0 Å². The summed E-state index contributed by atoms with van der Waals surface area (Å²) < 4.78 is 83.0. The van der Waals surface area contributed by atoms with Crippen LogP contribution in [0.25, 0.3) is 0 Å². The summed E-state index contributed by atoms with van der Waals surface area (Å²) in [6, 6.07) is 12.6. The molecule has 2 aliphatic rings. The van der Waals surface area contributed by atoms with Crippen LogP contribution in [-0.2, 0) is 42.4 Å². The number of amidine groups is 2. The molecule has 0 aliphatic carbocycles. The molecular weight excluding hydrogens is 621 g/mol. The van der Waals surface area contributed by atoms with Crippen LogP contribution in [0.2, 0.25) is 0 Å². The average molecular weight is 657 g/mol. The van der Waals surface area contributed by atoms with Crippen molar-refractivity contribution >= 4 is 54.1 Å². The average Bonchev–Trinajstić information content (AvgIpc) is 3.47. The van der Waals surface area contributed by atoms with Gasteiger partial charge in [-0.1, -0.05) is 69.7 Å². The highest BCUT2D eigenvalue weighted by Crippen LogP contribution is 2.28. The molecule has 12 nitrogen and oxygen atoms in total. The van der Waals surface area contributed by atoms with Gasteiger partial charge in [0.15, 0.2) is 0 Å². The van der Waals surface area contributed by atoms with Gasteiger partial charge in [0.25, 0.3) is 42.4 Å². The van der Waals surface area contributed by atoms with E-state index in [0.29, 0.717) is 58.1 Å². The smallest absolute Gasteiger partial charge is 0.258 e. The van der Waals surface area contributed by atoms with Crippen molar-refractivity contribution in [2.75, 3.05) is 13.1 Å². The highest BCUT2D eigenvalue weighted by Gasteiger charge is 2.40. The molecule has 0 bridgehead atoms. The lowest BCUT2D eigenvalue weighted by Gasteiger charge is -2.20. The maximum atomic E-state index is 13.2. The molecule has 0 saturated carbocycles. The Labute approximate surface area is 253 Å². The molecule has 2 heterocycles. The first-order valence-electron chi connectivity index (χ1n) is 13.7. The molecule has 0 fully saturated rings. The van der Waals surface area contributed by atoms with Gasteiger partial charge in [0, 0.05) is 25.9 Å². The van der Waals surface area contributed by atoms with Crippen LogP contribution in [0.1, 0.15) is 63.5 Å². The Bertz CT molecular complexity index is 1490. The van der Waals surface area contributed by atoms with Crippen LogP contribution in [-0.4, -0.2) is 66.3 Å². The summed E-state index contributed by atoms with van der Waals surface area (Å²) in [6.45, 7) is 8.09. The Kier molecular flexibility index (Phi) is 10.1. The second-order valence-corrected chi connectivity index (χ2v) is 16.4. The molecule has 2 atom stereocenters. The van der Waals surface area contributed by atoms with Gasteiger partial charge in [-0.2, -0.15) is 16.8 Å². The molecule has 2 aliphatic heterocycles. The second-order valence-electron chi connectivity index (χ2n) is 9.87. The fourth-order valence-electron chi connectivity index (χ4n) is 4.36. The van der Waals surface area contributed by atoms with Gasteiger partial charge in [-0.3, -0.25) is 8.61 Å². The minimum absolute atomic E-state index is 0.0297. The first kappa shape index (κ1) is 32.1. The number of nitrogens with zero attached hydrogens (tertiary/aromatic N) is 6. The van der Waals surface area contributed by atoms with E-state index in [1.54, 1.807) is 24.3 Å². The van der Waals surface area contributed by atoms with Gasteiger partial charge < -0.3 is 0 Å². The topological polar surface area (TPSA) is 140 Å². The van der Waals surface area contributed by atoms with E-state index in [2.05, 4.69) is 10.2 Å². The summed E-state index contributed by atoms with van der Waals surface area (Å²) in [5.41, 5.74) is 1.82. The zero-order chi connectivity index (χ0) is 30.7. The number of aryl methyl sites for hydroxylation is 2. The third kappa shape index (κ3) is 6.55. The lowest BCUT2D eigenvalue weighted by Crippen LogP contribution is -2.35. The van der Waals surface area contributed by atoms with Gasteiger partial charge in [-0.25, -0.2) is 8.42 Å². The highest BCUT2D eigenvalue weighted by atomic mass is 32.3. The summed E-state index contributed by atoms with van der Waals surface area (Å²) >= 11 is -4.01. The van der Waals surface area contributed by atoms with E-state index in [4.69, 9.17) is 0 Å². The molecule has 0 amide bonds. The van der Waals surface area contributed by atoms with E-state index in [-0.39, 0.29) is 9.79 Å². The van der Waals surface area contributed by atoms with Crippen molar-refractivity contribution in [3.05, 3.63) is 59.7 Å². The van der Waals surface area contributed by atoms with Crippen molar-refractivity contribution in [2.24, 2.45) is 10.2 Å². The summed E-state index contributed by atoms with van der Waals surface area (Å²) in [4.78, 5) is 0.0593. The van der Waals surface area contributed by atoms with Crippen molar-refractivity contribution in [1.29, 1.82) is 0 Å². The molecule has 0 N–H and O–H groups in total. The maximum Gasteiger partial charge on any atom is 0.292 e.